The fourth-order valence-corrected chi connectivity index (χ4v) is 2.06. The molecule has 1 saturated heterocycles. The molecule has 1 heterocycles. The van der Waals surface area contributed by atoms with Crippen molar-refractivity contribution in [3.8, 4) is 0 Å². The van der Waals surface area contributed by atoms with Gasteiger partial charge in [-0.05, 0) is 32.7 Å². The van der Waals surface area contributed by atoms with E-state index in [0.29, 0.717) is 12.2 Å². The predicted octanol–water partition coefficient (Wildman–Crippen LogP) is 1.26. The van der Waals surface area contributed by atoms with Crippen LogP contribution in [0.5, 0.6) is 0 Å². The van der Waals surface area contributed by atoms with E-state index in [0.717, 1.165) is 26.1 Å². The van der Waals surface area contributed by atoms with Crippen molar-refractivity contribution in [3.63, 3.8) is 0 Å². The summed E-state index contributed by atoms with van der Waals surface area (Å²) in [4.78, 5) is 2.29. The van der Waals surface area contributed by atoms with E-state index >= 15 is 0 Å². The molecule has 1 fully saturated rings. The molecule has 3 heteroatoms. The first-order valence-corrected chi connectivity index (χ1v) is 5.75. The van der Waals surface area contributed by atoms with Crippen molar-refractivity contribution < 1.29 is 9.84 Å². The molecule has 0 spiro atoms. The highest BCUT2D eigenvalue weighted by atomic mass is 16.5. The molecule has 0 amide bonds. The average molecular weight is 201 g/mol. The van der Waals surface area contributed by atoms with Crippen LogP contribution in [-0.4, -0.2) is 48.5 Å². The van der Waals surface area contributed by atoms with Crippen LogP contribution in [0, 0.1) is 0 Å². The Morgan fingerprint density at radius 2 is 2.14 bits per heavy atom. The zero-order valence-electron chi connectivity index (χ0n) is 9.41. The Labute approximate surface area is 87.1 Å². The average Bonchev–Trinajstić information content (AvgIpc) is 2.52. The third-order valence-corrected chi connectivity index (χ3v) is 2.74. The SMILES string of the molecule is CCCN(CCO)CC1CCC(C)O1. The Hall–Kier alpha value is -0.120. The molecule has 84 valence electrons. The lowest BCUT2D eigenvalue weighted by molar-refractivity contribution is 0.0282. The van der Waals surface area contributed by atoms with Crippen LogP contribution < -0.4 is 0 Å². The fourth-order valence-electron chi connectivity index (χ4n) is 2.06. The Morgan fingerprint density at radius 3 is 2.64 bits per heavy atom. The van der Waals surface area contributed by atoms with Gasteiger partial charge in [-0.3, -0.25) is 4.90 Å². The van der Waals surface area contributed by atoms with Crippen molar-refractivity contribution >= 4 is 0 Å². The van der Waals surface area contributed by atoms with Crippen LogP contribution in [0.4, 0.5) is 0 Å². The van der Waals surface area contributed by atoms with Crippen LogP contribution in [0.1, 0.15) is 33.1 Å². The third kappa shape index (κ3) is 3.95. The minimum absolute atomic E-state index is 0.252. The second kappa shape index (κ2) is 6.38. The molecule has 1 aliphatic heterocycles. The molecule has 0 radical (unpaired) electrons. The van der Waals surface area contributed by atoms with Crippen LogP contribution in [0.3, 0.4) is 0 Å². The van der Waals surface area contributed by atoms with Crippen molar-refractivity contribution in [2.24, 2.45) is 0 Å². The molecule has 0 saturated carbocycles. The maximum absolute atomic E-state index is 8.91. The second-order valence-corrected chi connectivity index (χ2v) is 4.17. The van der Waals surface area contributed by atoms with Crippen molar-refractivity contribution in [1.82, 2.24) is 4.90 Å². The largest absolute Gasteiger partial charge is 0.395 e. The molecule has 3 nitrogen and oxygen atoms in total. The van der Waals surface area contributed by atoms with E-state index in [1.54, 1.807) is 0 Å². The van der Waals surface area contributed by atoms with E-state index in [9.17, 15) is 0 Å². The summed E-state index contributed by atoms with van der Waals surface area (Å²) < 4.78 is 5.76. The van der Waals surface area contributed by atoms with E-state index in [-0.39, 0.29) is 6.61 Å². The Morgan fingerprint density at radius 1 is 1.36 bits per heavy atom. The molecule has 1 rings (SSSR count). The van der Waals surface area contributed by atoms with Crippen LogP contribution in [0.15, 0.2) is 0 Å². The topological polar surface area (TPSA) is 32.7 Å². The lowest BCUT2D eigenvalue weighted by Gasteiger charge is -2.24. The van der Waals surface area contributed by atoms with Crippen LogP contribution in [-0.2, 0) is 4.74 Å². The maximum atomic E-state index is 8.91. The first kappa shape index (κ1) is 12.0. The summed E-state index contributed by atoms with van der Waals surface area (Å²) in [6.45, 7) is 7.39. The number of ether oxygens (including phenoxy) is 1. The third-order valence-electron chi connectivity index (χ3n) is 2.74. The summed E-state index contributed by atoms with van der Waals surface area (Å²) in [7, 11) is 0. The van der Waals surface area contributed by atoms with Gasteiger partial charge in [0.1, 0.15) is 0 Å². The number of rotatable bonds is 6. The van der Waals surface area contributed by atoms with Gasteiger partial charge >= 0.3 is 0 Å². The first-order chi connectivity index (χ1) is 6.76. The molecule has 0 aromatic heterocycles. The zero-order chi connectivity index (χ0) is 10.4. The van der Waals surface area contributed by atoms with Gasteiger partial charge in [-0.15, -0.1) is 0 Å². The van der Waals surface area contributed by atoms with Crippen molar-refractivity contribution in [1.29, 1.82) is 0 Å². The van der Waals surface area contributed by atoms with Gasteiger partial charge in [0.25, 0.3) is 0 Å². The maximum Gasteiger partial charge on any atom is 0.0706 e. The lowest BCUT2D eigenvalue weighted by Crippen LogP contribution is -2.35. The van der Waals surface area contributed by atoms with Crippen molar-refractivity contribution in [2.45, 2.75) is 45.3 Å². The summed E-state index contributed by atoms with van der Waals surface area (Å²) in [6, 6.07) is 0. The van der Waals surface area contributed by atoms with Gasteiger partial charge in [-0.2, -0.15) is 0 Å². The van der Waals surface area contributed by atoms with Crippen LogP contribution in [0.25, 0.3) is 0 Å². The minimum atomic E-state index is 0.252. The van der Waals surface area contributed by atoms with E-state index in [1.165, 1.54) is 12.8 Å². The van der Waals surface area contributed by atoms with E-state index < -0.39 is 0 Å². The fraction of sp³-hybridized carbons (Fsp3) is 1.00. The van der Waals surface area contributed by atoms with Crippen LogP contribution >= 0.6 is 0 Å². The summed E-state index contributed by atoms with van der Waals surface area (Å²) in [5.74, 6) is 0. The lowest BCUT2D eigenvalue weighted by atomic mass is 10.2. The number of aliphatic hydroxyl groups excluding tert-OH is 1. The van der Waals surface area contributed by atoms with Gasteiger partial charge in [-0.25, -0.2) is 0 Å². The van der Waals surface area contributed by atoms with Gasteiger partial charge in [0.15, 0.2) is 0 Å². The van der Waals surface area contributed by atoms with E-state index in [4.69, 9.17) is 9.84 Å². The standard InChI is InChI=1S/C11H23NO2/c1-3-6-12(7-8-13)9-11-5-4-10(2)14-11/h10-11,13H,3-9H2,1-2H3. The highest BCUT2D eigenvalue weighted by Crippen LogP contribution is 2.19. The smallest absolute Gasteiger partial charge is 0.0706 e. The Bertz CT molecular complexity index is 146. The molecule has 2 atom stereocenters. The monoisotopic (exact) mass is 201 g/mol. The molecular formula is C11H23NO2. The quantitative estimate of drug-likeness (QED) is 0.702. The normalized spacial score (nSPS) is 27.4. The number of hydrogen-bond donors (Lipinski definition) is 1. The van der Waals surface area contributed by atoms with E-state index in [1.807, 2.05) is 0 Å². The molecule has 0 aliphatic carbocycles. The molecule has 0 bridgehead atoms. The Balaban J connectivity index is 2.24. The molecular weight excluding hydrogens is 178 g/mol. The highest BCUT2D eigenvalue weighted by Gasteiger charge is 2.23. The molecule has 0 aromatic rings. The van der Waals surface area contributed by atoms with Gasteiger partial charge in [0.05, 0.1) is 18.8 Å². The minimum Gasteiger partial charge on any atom is -0.395 e. The van der Waals surface area contributed by atoms with Crippen molar-refractivity contribution in [2.75, 3.05) is 26.2 Å². The zero-order valence-corrected chi connectivity index (χ0v) is 9.41. The van der Waals surface area contributed by atoms with Gasteiger partial charge < -0.3 is 9.84 Å². The summed E-state index contributed by atoms with van der Waals surface area (Å²) >= 11 is 0. The molecule has 0 aromatic carbocycles. The number of aliphatic hydroxyl groups is 1. The van der Waals surface area contributed by atoms with E-state index in [2.05, 4.69) is 18.7 Å². The highest BCUT2D eigenvalue weighted by molar-refractivity contribution is 4.74. The molecule has 14 heavy (non-hydrogen) atoms. The summed E-state index contributed by atoms with van der Waals surface area (Å²) in [6.07, 6.45) is 4.32. The number of hydrogen-bond acceptors (Lipinski definition) is 3. The molecule has 1 aliphatic rings. The molecule has 2 unspecified atom stereocenters. The first-order valence-electron chi connectivity index (χ1n) is 5.75. The van der Waals surface area contributed by atoms with Gasteiger partial charge in [0, 0.05) is 13.1 Å². The van der Waals surface area contributed by atoms with Crippen molar-refractivity contribution in [3.05, 3.63) is 0 Å². The Kier molecular flexibility index (Phi) is 5.45. The second-order valence-electron chi connectivity index (χ2n) is 4.17. The van der Waals surface area contributed by atoms with Crippen LogP contribution in [0.2, 0.25) is 0 Å². The summed E-state index contributed by atoms with van der Waals surface area (Å²) in [5.41, 5.74) is 0. The predicted molar refractivity (Wildman–Crippen MR) is 57.4 cm³/mol. The number of nitrogens with zero attached hydrogens (tertiary/aromatic N) is 1. The van der Waals surface area contributed by atoms with Gasteiger partial charge in [-0.1, -0.05) is 6.92 Å². The van der Waals surface area contributed by atoms with Gasteiger partial charge in [0.2, 0.25) is 0 Å². The molecule has 1 N–H and O–H groups in total. The summed E-state index contributed by atoms with van der Waals surface area (Å²) in [5, 5.41) is 8.91.